The molecule has 0 bridgehead atoms. The van der Waals surface area contributed by atoms with E-state index < -0.39 is 17.6 Å². The highest BCUT2D eigenvalue weighted by Crippen LogP contribution is 2.33. The summed E-state index contributed by atoms with van der Waals surface area (Å²) in [4.78, 5) is 1.94. The first-order valence-electron chi connectivity index (χ1n) is 6.61. The van der Waals surface area contributed by atoms with Crippen LogP contribution in [0.15, 0.2) is 18.2 Å². The summed E-state index contributed by atoms with van der Waals surface area (Å²) in [6.07, 6.45) is -3.64. The minimum atomic E-state index is -4.53. The lowest BCUT2D eigenvalue weighted by molar-refractivity contribution is -0.138. The number of alkyl halides is 3. The van der Waals surface area contributed by atoms with Crippen molar-refractivity contribution in [3.63, 3.8) is 0 Å². The SMILES string of the molecule is CC(N)C1CCN(Cc2ccc(F)cc2C(F)(F)F)C1.Cl. The Hall–Kier alpha value is -0.850. The Labute approximate surface area is 127 Å². The fourth-order valence-corrected chi connectivity index (χ4v) is 2.63. The second kappa shape index (κ2) is 6.94. The van der Waals surface area contributed by atoms with E-state index in [2.05, 4.69) is 0 Å². The molecule has 21 heavy (non-hydrogen) atoms. The molecule has 120 valence electrons. The van der Waals surface area contributed by atoms with Crippen molar-refractivity contribution in [2.45, 2.75) is 32.1 Å². The van der Waals surface area contributed by atoms with Crippen LogP contribution >= 0.6 is 12.4 Å². The van der Waals surface area contributed by atoms with E-state index in [1.807, 2.05) is 11.8 Å². The summed E-state index contributed by atoms with van der Waals surface area (Å²) >= 11 is 0. The first-order chi connectivity index (χ1) is 9.27. The Morgan fingerprint density at radius 2 is 2.05 bits per heavy atom. The van der Waals surface area contributed by atoms with E-state index in [-0.39, 0.29) is 30.6 Å². The molecule has 1 saturated heterocycles. The van der Waals surface area contributed by atoms with Crippen molar-refractivity contribution >= 4 is 12.4 Å². The van der Waals surface area contributed by atoms with Crippen molar-refractivity contribution in [3.8, 4) is 0 Å². The molecule has 2 rings (SSSR count). The van der Waals surface area contributed by atoms with E-state index in [9.17, 15) is 17.6 Å². The van der Waals surface area contributed by atoms with Gasteiger partial charge in [0, 0.05) is 19.1 Å². The Balaban J connectivity index is 0.00000220. The Morgan fingerprint density at radius 1 is 1.38 bits per heavy atom. The standard InChI is InChI=1S/C14H18F4N2.ClH/c1-9(19)10-4-5-20(7-10)8-11-2-3-12(15)6-13(11)14(16,17)18;/h2-3,6,9-10H,4-5,7-8,19H2,1H3;1H. The van der Waals surface area contributed by atoms with Crippen LogP contribution in [0.4, 0.5) is 17.6 Å². The van der Waals surface area contributed by atoms with Crippen LogP contribution in [-0.2, 0) is 12.7 Å². The van der Waals surface area contributed by atoms with Crippen LogP contribution in [0.2, 0.25) is 0 Å². The van der Waals surface area contributed by atoms with Crippen LogP contribution in [0.5, 0.6) is 0 Å². The van der Waals surface area contributed by atoms with Crippen molar-refractivity contribution in [2.24, 2.45) is 11.7 Å². The van der Waals surface area contributed by atoms with Gasteiger partial charge in [0.1, 0.15) is 5.82 Å². The molecule has 1 aromatic rings. The van der Waals surface area contributed by atoms with Crippen LogP contribution in [0.1, 0.15) is 24.5 Å². The van der Waals surface area contributed by atoms with Crippen LogP contribution in [0.3, 0.4) is 0 Å². The topological polar surface area (TPSA) is 29.3 Å². The van der Waals surface area contributed by atoms with E-state index in [1.165, 1.54) is 6.07 Å². The highest BCUT2D eigenvalue weighted by molar-refractivity contribution is 5.85. The van der Waals surface area contributed by atoms with Gasteiger partial charge in [-0.15, -0.1) is 12.4 Å². The number of benzene rings is 1. The van der Waals surface area contributed by atoms with Gasteiger partial charge in [0.15, 0.2) is 0 Å². The fourth-order valence-electron chi connectivity index (χ4n) is 2.63. The van der Waals surface area contributed by atoms with Crippen LogP contribution < -0.4 is 5.73 Å². The molecule has 2 nitrogen and oxygen atoms in total. The van der Waals surface area contributed by atoms with Gasteiger partial charge in [-0.25, -0.2) is 4.39 Å². The van der Waals surface area contributed by atoms with E-state index in [4.69, 9.17) is 5.73 Å². The number of rotatable bonds is 3. The zero-order valence-corrected chi connectivity index (χ0v) is 12.5. The number of likely N-dealkylation sites (tertiary alicyclic amines) is 1. The Morgan fingerprint density at radius 3 is 2.57 bits per heavy atom. The predicted molar refractivity (Wildman–Crippen MR) is 75.7 cm³/mol. The summed E-state index contributed by atoms with van der Waals surface area (Å²) in [5.41, 5.74) is 5.04. The zero-order valence-electron chi connectivity index (χ0n) is 11.7. The molecule has 0 aliphatic carbocycles. The van der Waals surface area contributed by atoms with Crippen LogP contribution in [0, 0.1) is 11.7 Å². The molecule has 0 spiro atoms. The van der Waals surface area contributed by atoms with Crippen molar-refractivity contribution in [3.05, 3.63) is 35.1 Å². The highest BCUT2D eigenvalue weighted by Gasteiger charge is 2.35. The normalized spacial score (nSPS) is 21.1. The average Bonchev–Trinajstić information content (AvgIpc) is 2.79. The Bertz CT molecular complexity index is 477. The minimum absolute atomic E-state index is 0. The number of hydrogen-bond acceptors (Lipinski definition) is 2. The van der Waals surface area contributed by atoms with E-state index in [1.54, 1.807) is 0 Å². The molecule has 0 radical (unpaired) electrons. The lowest BCUT2D eigenvalue weighted by Crippen LogP contribution is -2.30. The molecular weight excluding hydrogens is 308 g/mol. The average molecular weight is 327 g/mol. The first-order valence-corrected chi connectivity index (χ1v) is 6.61. The second-order valence-electron chi connectivity index (χ2n) is 5.44. The second-order valence-corrected chi connectivity index (χ2v) is 5.44. The van der Waals surface area contributed by atoms with Crippen molar-refractivity contribution in [1.82, 2.24) is 4.90 Å². The van der Waals surface area contributed by atoms with Crippen LogP contribution in [0.25, 0.3) is 0 Å². The smallest absolute Gasteiger partial charge is 0.328 e. The van der Waals surface area contributed by atoms with Gasteiger partial charge in [-0.3, -0.25) is 4.90 Å². The van der Waals surface area contributed by atoms with Crippen molar-refractivity contribution in [1.29, 1.82) is 0 Å². The third kappa shape index (κ3) is 4.56. The maximum Gasteiger partial charge on any atom is 0.416 e. The summed E-state index contributed by atoms with van der Waals surface area (Å²) in [6, 6.07) is 2.89. The molecule has 1 fully saturated rings. The predicted octanol–water partition coefficient (Wildman–Crippen LogP) is 3.44. The van der Waals surface area contributed by atoms with Gasteiger partial charge >= 0.3 is 6.18 Å². The van der Waals surface area contributed by atoms with Gasteiger partial charge in [-0.2, -0.15) is 13.2 Å². The van der Waals surface area contributed by atoms with Gasteiger partial charge in [-0.1, -0.05) is 6.07 Å². The molecule has 1 aromatic carbocycles. The molecule has 2 N–H and O–H groups in total. The number of nitrogens with two attached hydrogens (primary N) is 1. The molecule has 0 amide bonds. The van der Waals surface area contributed by atoms with Gasteiger partial charge in [-0.05, 0) is 43.5 Å². The summed E-state index contributed by atoms with van der Waals surface area (Å²) < 4.78 is 51.7. The van der Waals surface area contributed by atoms with E-state index in [0.717, 1.165) is 19.0 Å². The lowest BCUT2D eigenvalue weighted by atomic mass is 10.0. The van der Waals surface area contributed by atoms with E-state index >= 15 is 0 Å². The quantitative estimate of drug-likeness (QED) is 0.862. The third-order valence-corrected chi connectivity index (χ3v) is 3.82. The molecule has 1 heterocycles. The van der Waals surface area contributed by atoms with Crippen molar-refractivity contribution < 1.29 is 17.6 Å². The lowest BCUT2D eigenvalue weighted by Gasteiger charge is -2.20. The monoisotopic (exact) mass is 326 g/mol. The first kappa shape index (κ1) is 18.2. The Kier molecular flexibility index (Phi) is 6.01. The summed E-state index contributed by atoms with van der Waals surface area (Å²) in [7, 11) is 0. The summed E-state index contributed by atoms with van der Waals surface area (Å²) in [5.74, 6) is -0.555. The maximum atomic E-state index is 13.0. The maximum absolute atomic E-state index is 13.0. The number of hydrogen-bond donors (Lipinski definition) is 1. The van der Waals surface area contributed by atoms with Gasteiger partial charge in [0.25, 0.3) is 0 Å². The molecule has 0 aromatic heterocycles. The molecule has 2 unspecified atom stereocenters. The number of halogens is 5. The van der Waals surface area contributed by atoms with Gasteiger partial charge in [0.05, 0.1) is 5.56 Å². The van der Waals surface area contributed by atoms with Crippen molar-refractivity contribution in [2.75, 3.05) is 13.1 Å². The third-order valence-electron chi connectivity index (χ3n) is 3.82. The largest absolute Gasteiger partial charge is 0.416 e. The molecule has 1 aliphatic heterocycles. The molecule has 1 aliphatic rings. The zero-order chi connectivity index (χ0) is 14.9. The summed E-state index contributed by atoms with van der Waals surface area (Å²) in [5, 5.41) is 0. The van der Waals surface area contributed by atoms with Crippen LogP contribution in [-0.4, -0.2) is 24.0 Å². The number of nitrogens with zero attached hydrogens (tertiary/aromatic N) is 1. The molecule has 2 atom stereocenters. The summed E-state index contributed by atoms with van der Waals surface area (Å²) in [6.45, 7) is 3.50. The van der Waals surface area contributed by atoms with Gasteiger partial charge < -0.3 is 5.73 Å². The highest BCUT2D eigenvalue weighted by atomic mass is 35.5. The van der Waals surface area contributed by atoms with E-state index in [0.29, 0.717) is 18.5 Å². The minimum Gasteiger partial charge on any atom is -0.328 e. The van der Waals surface area contributed by atoms with Gasteiger partial charge in [0.2, 0.25) is 0 Å². The fraction of sp³-hybridized carbons (Fsp3) is 0.571. The molecule has 0 saturated carbocycles. The molecule has 7 heteroatoms. The molecular formula is C14H19ClF4N2.